The number of nitrogen functional groups attached to an aromatic ring is 1. The van der Waals surface area contributed by atoms with Crippen molar-refractivity contribution in [1.29, 1.82) is 0 Å². The molecule has 0 atom stereocenters. The average molecular weight is 380 g/mol. The lowest BCUT2D eigenvalue weighted by atomic mass is 10.3. The molecule has 1 aromatic heterocycles. The Hall–Kier alpha value is -1.51. The van der Waals surface area contributed by atoms with Crippen molar-refractivity contribution in [2.24, 2.45) is 0 Å². The maximum atomic E-state index is 12.6. The molecule has 0 aliphatic carbocycles. The van der Waals surface area contributed by atoms with Gasteiger partial charge in [0.05, 0.1) is 15.5 Å². The number of anilines is 1. The largest absolute Gasteiger partial charge is 0.454 e. The smallest absolute Gasteiger partial charge is 0.433 e. The number of hydrogen-bond donors (Lipinski definition) is 1. The van der Waals surface area contributed by atoms with Crippen LogP contribution in [0.4, 0.5) is 18.9 Å². The second kappa shape index (κ2) is 5.24. The molecule has 2 rings (SSSR count). The molecule has 0 aliphatic rings. The van der Waals surface area contributed by atoms with E-state index >= 15 is 0 Å². The molecule has 0 saturated carbocycles. The lowest BCUT2D eigenvalue weighted by Gasteiger charge is -2.12. The molecule has 100 valence electrons. The molecule has 2 aromatic rings. The van der Waals surface area contributed by atoms with Gasteiger partial charge in [0.15, 0.2) is 5.75 Å². The number of para-hydroxylation sites is 1. The molecule has 0 unspecified atom stereocenters. The topological polar surface area (TPSA) is 48.1 Å². The van der Waals surface area contributed by atoms with Gasteiger partial charge in [-0.3, -0.25) is 0 Å². The molecule has 0 aliphatic heterocycles. The summed E-state index contributed by atoms with van der Waals surface area (Å²) in [5.41, 5.74) is 4.58. The van der Waals surface area contributed by atoms with Crippen LogP contribution in [0.5, 0.6) is 11.5 Å². The summed E-state index contributed by atoms with van der Waals surface area (Å²) in [4.78, 5) is 3.24. The Bertz CT molecular complexity index is 602. The van der Waals surface area contributed by atoms with Crippen LogP contribution in [0.25, 0.3) is 0 Å². The van der Waals surface area contributed by atoms with Gasteiger partial charge in [-0.2, -0.15) is 13.2 Å². The van der Waals surface area contributed by atoms with Crippen molar-refractivity contribution in [2.45, 2.75) is 6.18 Å². The van der Waals surface area contributed by atoms with Crippen molar-refractivity contribution in [3.63, 3.8) is 0 Å². The van der Waals surface area contributed by atoms with E-state index in [9.17, 15) is 13.2 Å². The number of nitrogens with zero attached hydrogens (tertiary/aromatic N) is 1. The van der Waals surface area contributed by atoms with Gasteiger partial charge in [0.1, 0.15) is 11.4 Å². The van der Waals surface area contributed by atoms with Crippen molar-refractivity contribution < 1.29 is 17.9 Å². The van der Waals surface area contributed by atoms with Gasteiger partial charge < -0.3 is 10.5 Å². The van der Waals surface area contributed by atoms with Gasteiger partial charge in [0, 0.05) is 6.07 Å². The van der Waals surface area contributed by atoms with Crippen LogP contribution in [-0.2, 0) is 6.18 Å². The summed E-state index contributed by atoms with van der Waals surface area (Å²) in [6, 6.07) is 7.73. The zero-order valence-corrected chi connectivity index (χ0v) is 11.6. The molecule has 1 aromatic carbocycles. The van der Waals surface area contributed by atoms with Gasteiger partial charge >= 0.3 is 6.18 Å². The van der Waals surface area contributed by atoms with E-state index in [1.165, 1.54) is 0 Å². The Kier molecular flexibility index (Phi) is 3.83. The standard InChI is InChI=1S/C12H8F3IN2O/c13-12(14,15)11-5-10(8(17)6-18-11)19-9-4-2-1-3-7(9)16/h1-6H,17H2. The van der Waals surface area contributed by atoms with Crippen molar-refractivity contribution in [3.8, 4) is 11.5 Å². The summed E-state index contributed by atoms with van der Waals surface area (Å²) < 4.78 is 43.8. The van der Waals surface area contributed by atoms with E-state index in [4.69, 9.17) is 10.5 Å². The highest BCUT2D eigenvalue weighted by Crippen LogP contribution is 2.35. The number of pyridine rings is 1. The summed E-state index contributed by atoms with van der Waals surface area (Å²) in [7, 11) is 0. The number of rotatable bonds is 2. The predicted molar refractivity (Wildman–Crippen MR) is 72.9 cm³/mol. The first-order valence-electron chi connectivity index (χ1n) is 5.13. The van der Waals surface area contributed by atoms with E-state index in [0.29, 0.717) is 5.75 Å². The number of hydrogen-bond acceptors (Lipinski definition) is 3. The number of nitrogens with two attached hydrogens (primary N) is 1. The molecule has 0 radical (unpaired) electrons. The van der Waals surface area contributed by atoms with Gasteiger partial charge in [0.2, 0.25) is 0 Å². The number of halogens is 4. The van der Waals surface area contributed by atoms with Gasteiger partial charge in [0.25, 0.3) is 0 Å². The van der Waals surface area contributed by atoms with E-state index in [2.05, 4.69) is 4.98 Å². The average Bonchev–Trinajstić information content (AvgIpc) is 2.33. The minimum absolute atomic E-state index is 0.0488. The van der Waals surface area contributed by atoms with Crippen LogP contribution in [0.3, 0.4) is 0 Å². The Balaban J connectivity index is 2.38. The minimum Gasteiger partial charge on any atom is -0.454 e. The van der Waals surface area contributed by atoms with Gasteiger partial charge in [-0.25, -0.2) is 4.98 Å². The highest BCUT2D eigenvalue weighted by Gasteiger charge is 2.33. The molecule has 0 saturated heterocycles. The number of aromatic nitrogens is 1. The number of benzene rings is 1. The first-order chi connectivity index (χ1) is 8.88. The third kappa shape index (κ3) is 3.28. The van der Waals surface area contributed by atoms with Crippen LogP contribution < -0.4 is 10.5 Å². The lowest BCUT2D eigenvalue weighted by Crippen LogP contribution is -2.08. The van der Waals surface area contributed by atoms with Crippen molar-refractivity contribution in [3.05, 3.63) is 45.8 Å². The monoisotopic (exact) mass is 380 g/mol. The quantitative estimate of drug-likeness (QED) is 0.799. The molecule has 19 heavy (non-hydrogen) atoms. The molecule has 0 amide bonds. The summed E-state index contributed by atoms with van der Waals surface area (Å²) in [6.07, 6.45) is -3.59. The predicted octanol–water partition coefficient (Wildman–Crippen LogP) is 4.08. The molecule has 3 nitrogen and oxygen atoms in total. The van der Waals surface area contributed by atoms with Crippen LogP contribution >= 0.6 is 22.6 Å². The molecule has 1 heterocycles. The van der Waals surface area contributed by atoms with Gasteiger partial charge in [-0.05, 0) is 34.7 Å². The first-order valence-corrected chi connectivity index (χ1v) is 6.21. The van der Waals surface area contributed by atoms with Crippen molar-refractivity contribution in [1.82, 2.24) is 4.98 Å². The maximum Gasteiger partial charge on any atom is 0.433 e. The lowest BCUT2D eigenvalue weighted by molar-refractivity contribution is -0.141. The highest BCUT2D eigenvalue weighted by molar-refractivity contribution is 14.1. The molecule has 7 heteroatoms. The highest BCUT2D eigenvalue weighted by atomic mass is 127. The van der Waals surface area contributed by atoms with Crippen molar-refractivity contribution >= 4 is 28.3 Å². The SMILES string of the molecule is Nc1cnc(C(F)(F)F)cc1Oc1ccccc1I. The molecule has 0 spiro atoms. The zero-order valence-electron chi connectivity index (χ0n) is 9.41. The second-order valence-corrected chi connectivity index (χ2v) is 4.80. The van der Waals surface area contributed by atoms with E-state index in [1.54, 1.807) is 24.3 Å². The summed E-state index contributed by atoms with van der Waals surface area (Å²) >= 11 is 2.02. The van der Waals surface area contributed by atoms with Crippen LogP contribution in [0, 0.1) is 3.57 Å². The number of alkyl halides is 3. The fourth-order valence-electron chi connectivity index (χ4n) is 1.34. The third-order valence-electron chi connectivity index (χ3n) is 2.24. The van der Waals surface area contributed by atoms with Crippen LogP contribution in [0.2, 0.25) is 0 Å². The van der Waals surface area contributed by atoms with Gasteiger partial charge in [-0.15, -0.1) is 0 Å². The Morgan fingerprint density at radius 1 is 1.16 bits per heavy atom. The van der Waals surface area contributed by atoms with Crippen LogP contribution in [0.15, 0.2) is 36.5 Å². The van der Waals surface area contributed by atoms with Crippen LogP contribution in [-0.4, -0.2) is 4.98 Å². The molecule has 0 fully saturated rings. The molecule has 0 bridgehead atoms. The Morgan fingerprint density at radius 2 is 1.84 bits per heavy atom. The summed E-state index contributed by atoms with van der Waals surface area (Å²) in [5, 5.41) is 0. The first kappa shape index (κ1) is 13.9. The van der Waals surface area contributed by atoms with Crippen molar-refractivity contribution in [2.75, 3.05) is 5.73 Å². The van der Waals surface area contributed by atoms with Crippen LogP contribution in [0.1, 0.15) is 5.69 Å². The normalized spacial score (nSPS) is 11.4. The Labute approximate surface area is 120 Å². The second-order valence-electron chi connectivity index (χ2n) is 3.64. The number of ether oxygens (including phenoxy) is 1. The molecule has 2 N–H and O–H groups in total. The van der Waals surface area contributed by atoms with Gasteiger partial charge in [-0.1, -0.05) is 12.1 Å². The summed E-state index contributed by atoms with van der Waals surface area (Å²) in [5.74, 6) is 0.376. The minimum atomic E-state index is -4.53. The van der Waals surface area contributed by atoms with E-state index in [1.807, 2.05) is 22.6 Å². The molecular formula is C12H8F3IN2O. The maximum absolute atomic E-state index is 12.6. The fraction of sp³-hybridized carbons (Fsp3) is 0.0833. The fourth-order valence-corrected chi connectivity index (χ4v) is 1.83. The van der Waals surface area contributed by atoms with E-state index in [0.717, 1.165) is 15.8 Å². The zero-order chi connectivity index (χ0) is 14.0. The Morgan fingerprint density at radius 3 is 2.47 bits per heavy atom. The molecular weight excluding hydrogens is 372 g/mol. The van der Waals surface area contributed by atoms with E-state index in [-0.39, 0.29) is 11.4 Å². The third-order valence-corrected chi connectivity index (χ3v) is 3.13. The van der Waals surface area contributed by atoms with E-state index < -0.39 is 11.9 Å². The summed E-state index contributed by atoms with van der Waals surface area (Å²) in [6.45, 7) is 0.